The predicted octanol–water partition coefficient (Wildman–Crippen LogP) is 3.34. The molecular formula is C19H28N2O4. The number of hydrogen-bond acceptors (Lipinski definition) is 4. The minimum absolute atomic E-state index is 0.0474. The topological polar surface area (TPSA) is 60.0 Å². The van der Waals surface area contributed by atoms with Crippen molar-refractivity contribution in [2.75, 3.05) is 25.2 Å². The summed E-state index contributed by atoms with van der Waals surface area (Å²) in [5.74, 6) is 1.42. The Morgan fingerprint density at radius 2 is 2.32 bits per heavy atom. The Morgan fingerprint density at radius 1 is 1.48 bits per heavy atom. The summed E-state index contributed by atoms with van der Waals surface area (Å²) in [7, 11) is 1.62. The van der Waals surface area contributed by atoms with Crippen LogP contribution in [0.4, 0.5) is 10.5 Å². The molecule has 0 aliphatic carbocycles. The summed E-state index contributed by atoms with van der Waals surface area (Å²) in [6, 6.07) is 5.55. The molecule has 2 aliphatic heterocycles. The molecule has 6 heteroatoms. The molecule has 6 nitrogen and oxygen atoms in total. The average Bonchev–Trinajstić information content (AvgIpc) is 3.12. The van der Waals surface area contributed by atoms with Gasteiger partial charge in [-0.3, -0.25) is 4.90 Å². The van der Waals surface area contributed by atoms with Crippen LogP contribution in [-0.2, 0) is 4.74 Å². The molecular weight excluding hydrogens is 320 g/mol. The fraction of sp³-hybridized carbons (Fsp3) is 0.632. The first-order valence-corrected chi connectivity index (χ1v) is 9.11. The second kappa shape index (κ2) is 7.95. The molecule has 3 unspecified atom stereocenters. The number of rotatable bonds is 5. The van der Waals surface area contributed by atoms with E-state index < -0.39 is 0 Å². The summed E-state index contributed by atoms with van der Waals surface area (Å²) in [5, 5.41) is 3.11. The molecule has 2 heterocycles. The van der Waals surface area contributed by atoms with E-state index in [1.165, 1.54) is 0 Å². The van der Waals surface area contributed by atoms with Crippen LogP contribution >= 0.6 is 0 Å². The first-order chi connectivity index (χ1) is 12.1. The standard InChI is InChI=1S/C19H28N2O4/c1-13(6-7-15-5-4-10-24-15)20-19(22)21-12-14(2)25-18-9-8-16(23-3)11-17(18)21/h8-9,11,13-15H,4-7,10,12H2,1-3H3,(H,20,22). The highest BCUT2D eigenvalue weighted by Gasteiger charge is 2.29. The highest BCUT2D eigenvalue weighted by molar-refractivity contribution is 5.94. The normalized spacial score (nSPS) is 23.6. The maximum Gasteiger partial charge on any atom is 0.322 e. The number of carbonyl (C=O) groups is 1. The summed E-state index contributed by atoms with van der Waals surface area (Å²) in [6.07, 6.45) is 4.50. The smallest absolute Gasteiger partial charge is 0.322 e. The Bertz CT molecular complexity index is 601. The van der Waals surface area contributed by atoms with Gasteiger partial charge in [0.05, 0.1) is 25.4 Å². The maximum absolute atomic E-state index is 12.8. The molecule has 2 amide bonds. The number of benzene rings is 1. The molecule has 1 aromatic rings. The van der Waals surface area contributed by atoms with Crippen molar-refractivity contribution < 1.29 is 19.0 Å². The zero-order valence-electron chi connectivity index (χ0n) is 15.3. The summed E-state index contributed by atoms with van der Waals surface area (Å²) >= 11 is 0. The second-order valence-corrected chi connectivity index (χ2v) is 6.94. The third kappa shape index (κ3) is 4.37. The van der Waals surface area contributed by atoms with Crippen LogP contribution in [0.1, 0.15) is 39.5 Å². The summed E-state index contributed by atoms with van der Waals surface area (Å²) in [4.78, 5) is 14.5. The molecule has 1 aromatic carbocycles. The molecule has 1 saturated heterocycles. The number of methoxy groups -OCH3 is 1. The van der Waals surface area contributed by atoms with Crippen molar-refractivity contribution in [3.05, 3.63) is 18.2 Å². The highest BCUT2D eigenvalue weighted by Crippen LogP contribution is 2.36. The molecule has 1 fully saturated rings. The number of urea groups is 1. The molecule has 0 spiro atoms. The number of fused-ring (bicyclic) bond motifs is 1. The van der Waals surface area contributed by atoms with Crippen molar-refractivity contribution in [3.8, 4) is 11.5 Å². The maximum atomic E-state index is 12.8. The van der Waals surface area contributed by atoms with Gasteiger partial charge in [0.2, 0.25) is 0 Å². The van der Waals surface area contributed by atoms with Crippen LogP contribution < -0.4 is 19.7 Å². The average molecular weight is 348 g/mol. The molecule has 25 heavy (non-hydrogen) atoms. The lowest BCUT2D eigenvalue weighted by Gasteiger charge is -2.34. The Morgan fingerprint density at radius 3 is 3.04 bits per heavy atom. The summed E-state index contributed by atoms with van der Waals surface area (Å²) in [5.41, 5.74) is 0.751. The van der Waals surface area contributed by atoms with E-state index in [1.807, 2.05) is 32.0 Å². The van der Waals surface area contributed by atoms with Gasteiger partial charge in [-0.15, -0.1) is 0 Å². The van der Waals surface area contributed by atoms with Crippen molar-refractivity contribution in [1.82, 2.24) is 5.32 Å². The molecule has 0 aromatic heterocycles. The second-order valence-electron chi connectivity index (χ2n) is 6.94. The number of nitrogens with one attached hydrogen (secondary N) is 1. The van der Waals surface area contributed by atoms with Crippen LogP contribution in [-0.4, -0.2) is 44.5 Å². The molecule has 1 N–H and O–H groups in total. The van der Waals surface area contributed by atoms with E-state index in [-0.39, 0.29) is 18.2 Å². The third-order valence-electron chi connectivity index (χ3n) is 4.79. The van der Waals surface area contributed by atoms with Gasteiger partial charge in [-0.2, -0.15) is 0 Å². The number of carbonyl (C=O) groups excluding carboxylic acids is 1. The fourth-order valence-corrected chi connectivity index (χ4v) is 3.41. The third-order valence-corrected chi connectivity index (χ3v) is 4.79. The quantitative estimate of drug-likeness (QED) is 0.887. The molecule has 2 aliphatic rings. The van der Waals surface area contributed by atoms with Crippen LogP contribution in [0.25, 0.3) is 0 Å². The van der Waals surface area contributed by atoms with E-state index >= 15 is 0 Å². The molecule has 138 valence electrons. The number of ether oxygens (including phenoxy) is 3. The first kappa shape index (κ1) is 17.9. The number of nitrogens with zero attached hydrogens (tertiary/aromatic N) is 1. The lowest BCUT2D eigenvalue weighted by atomic mass is 10.1. The molecule has 0 bridgehead atoms. The molecule has 3 rings (SSSR count). The van der Waals surface area contributed by atoms with E-state index in [4.69, 9.17) is 14.2 Å². The van der Waals surface area contributed by atoms with Gasteiger partial charge >= 0.3 is 6.03 Å². The van der Waals surface area contributed by atoms with Gasteiger partial charge < -0.3 is 19.5 Å². The van der Waals surface area contributed by atoms with Gasteiger partial charge in [-0.25, -0.2) is 4.79 Å². The van der Waals surface area contributed by atoms with Crippen molar-refractivity contribution >= 4 is 11.7 Å². The Labute approximate surface area is 149 Å². The minimum atomic E-state index is -0.0931. The van der Waals surface area contributed by atoms with Crippen LogP contribution in [0.5, 0.6) is 11.5 Å². The Hall–Kier alpha value is -1.95. The van der Waals surface area contributed by atoms with E-state index in [9.17, 15) is 4.79 Å². The van der Waals surface area contributed by atoms with Crippen molar-refractivity contribution in [1.29, 1.82) is 0 Å². The zero-order chi connectivity index (χ0) is 17.8. The van der Waals surface area contributed by atoms with Gasteiger partial charge in [-0.05, 0) is 51.7 Å². The summed E-state index contributed by atoms with van der Waals surface area (Å²) in [6.45, 7) is 5.40. The van der Waals surface area contributed by atoms with E-state index in [0.717, 1.165) is 38.0 Å². The largest absolute Gasteiger partial charge is 0.497 e. The molecule has 0 radical (unpaired) electrons. The fourth-order valence-electron chi connectivity index (χ4n) is 3.41. The van der Waals surface area contributed by atoms with Crippen LogP contribution in [0.2, 0.25) is 0 Å². The number of hydrogen-bond donors (Lipinski definition) is 1. The zero-order valence-corrected chi connectivity index (χ0v) is 15.3. The van der Waals surface area contributed by atoms with Crippen molar-refractivity contribution in [2.24, 2.45) is 0 Å². The molecule has 3 atom stereocenters. The monoisotopic (exact) mass is 348 g/mol. The predicted molar refractivity (Wildman–Crippen MR) is 96.6 cm³/mol. The van der Waals surface area contributed by atoms with Crippen LogP contribution in [0.3, 0.4) is 0 Å². The lowest BCUT2D eigenvalue weighted by molar-refractivity contribution is 0.100. The number of anilines is 1. The van der Waals surface area contributed by atoms with Gasteiger partial charge in [0.1, 0.15) is 17.6 Å². The highest BCUT2D eigenvalue weighted by atomic mass is 16.5. The summed E-state index contributed by atoms with van der Waals surface area (Å²) < 4.78 is 16.8. The van der Waals surface area contributed by atoms with Gasteiger partial charge in [0, 0.05) is 18.7 Å². The number of amides is 2. The van der Waals surface area contributed by atoms with E-state index in [1.54, 1.807) is 12.0 Å². The van der Waals surface area contributed by atoms with Gasteiger partial charge in [0.15, 0.2) is 0 Å². The van der Waals surface area contributed by atoms with Gasteiger partial charge in [-0.1, -0.05) is 0 Å². The van der Waals surface area contributed by atoms with Gasteiger partial charge in [0.25, 0.3) is 0 Å². The Balaban J connectivity index is 1.63. The van der Waals surface area contributed by atoms with Crippen LogP contribution in [0.15, 0.2) is 18.2 Å². The first-order valence-electron chi connectivity index (χ1n) is 9.11. The lowest BCUT2D eigenvalue weighted by Crippen LogP contribution is -2.49. The SMILES string of the molecule is COc1ccc2c(c1)N(C(=O)NC(C)CCC1CCCO1)CC(C)O2. The van der Waals surface area contributed by atoms with Crippen molar-refractivity contribution in [2.45, 2.75) is 57.8 Å². The molecule has 0 saturated carbocycles. The van der Waals surface area contributed by atoms with E-state index in [0.29, 0.717) is 24.1 Å². The van der Waals surface area contributed by atoms with E-state index in [2.05, 4.69) is 5.32 Å². The Kier molecular flexibility index (Phi) is 5.68. The van der Waals surface area contributed by atoms with Crippen LogP contribution in [0, 0.1) is 0 Å². The van der Waals surface area contributed by atoms with Crippen molar-refractivity contribution in [3.63, 3.8) is 0 Å². The minimum Gasteiger partial charge on any atom is -0.497 e.